The molecular formula is C13H21N3. The molecule has 1 aromatic rings. The van der Waals surface area contributed by atoms with E-state index in [1.54, 1.807) is 0 Å². The summed E-state index contributed by atoms with van der Waals surface area (Å²) in [6.45, 7) is 10.3. The van der Waals surface area contributed by atoms with E-state index in [2.05, 4.69) is 43.3 Å². The summed E-state index contributed by atoms with van der Waals surface area (Å²) >= 11 is 0. The van der Waals surface area contributed by atoms with Gasteiger partial charge in [0.1, 0.15) is 5.84 Å². The van der Waals surface area contributed by atoms with Gasteiger partial charge in [0, 0.05) is 11.6 Å². The molecule has 3 heteroatoms. The number of hydrazine groups is 1. The van der Waals surface area contributed by atoms with Crippen LogP contribution < -0.4 is 11.3 Å². The molecule has 0 unspecified atom stereocenters. The van der Waals surface area contributed by atoms with Crippen LogP contribution in [0.15, 0.2) is 17.1 Å². The number of nitrogens with zero attached hydrogens (tertiary/aromatic N) is 1. The molecule has 0 fully saturated rings. The highest BCUT2D eigenvalue weighted by molar-refractivity contribution is 6.01. The lowest BCUT2D eigenvalue weighted by Crippen LogP contribution is -2.33. The van der Waals surface area contributed by atoms with Crippen LogP contribution in [0, 0.1) is 20.8 Å². The van der Waals surface area contributed by atoms with Crippen LogP contribution >= 0.6 is 0 Å². The molecule has 0 aliphatic rings. The van der Waals surface area contributed by atoms with E-state index in [1.807, 2.05) is 13.8 Å². The van der Waals surface area contributed by atoms with E-state index in [9.17, 15) is 0 Å². The first-order valence-corrected chi connectivity index (χ1v) is 5.58. The van der Waals surface area contributed by atoms with E-state index >= 15 is 0 Å². The Kier molecular flexibility index (Phi) is 4.07. The summed E-state index contributed by atoms with van der Waals surface area (Å²) in [5.74, 6) is 6.32. The Balaban J connectivity index is 3.31. The van der Waals surface area contributed by atoms with Crippen LogP contribution in [0.4, 0.5) is 0 Å². The second-order valence-corrected chi connectivity index (χ2v) is 4.49. The first-order chi connectivity index (χ1) is 7.45. The molecular weight excluding hydrogens is 198 g/mol. The molecule has 0 aromatic heterocycles. The van der Waals surface area contributed by atoms with E-state index < -0.39 is 0 Å². The van der Waals surface area contributed by atoms with Gasteiger partial charge in [0.25, 0.3) is 0 Å². The number of aryl methyl sites for hydroxylation is 3. The van der Waals surface area contributed by atoms with Gasteiger partial charge in [0.2, 0.25) is 0 Å². The minimum Gasteiger partial charge on any atom is -0.308 e. The molecule has 3 N–H and O–H groups in total. The summed E-state index contributed by atoms with van der Waals surface area (Å²) in [5, 5.41) is 0. The SMILES string of the molecule is Cc1cc(C)c(C(=NC(C)C)NN)c(C)c1. The van der Waals surface area contributed by atoms with Crippen molar-refractivity contribution in [3.8, 4) is 0 Å². The van der Waals surface area contributed by atoms with Gasteiger partial charge in [-0.1, -0.05) is 17.7 Å². The molecule has 0 atom stereocenters. The number of benzene rings is 1. The van der Waals surface area contributed by atoms with Crippen molar-refractivity contribution in [3.05, 3.63) is 34.4 Å². The van der Waals surface area contributed by atoms with Crippen molar-refractivity contribution in [1.29, 1.82) is 0 Å². The molecule has 88 valence electrons. The third-order valence-corrected chi connectivity index (χ3v) is 2.44. The molecule has 1 aromatic carbocycles. The molecule has 0 saturated carbocycles. The van der Waals surface area contributed by atoms with Crippen molar-refractivity contribution in [2.45, 2.75) is 40.7 Å². The fourth-order valence-corrected chi connectivity index (χ4v) is 1.99. The van der Waals surface area contributed by atoms with Crippen LogP contribution in [0.3, 0.4) is 0 Å². The van der Waals surface area contributed by atoms with Gasteiger partial charge in [-0.2, -0.15) is 0 Å². The van der Waals surface area contributed by atoms with Crippen LogP contribution in [0.5, 0.6) is 0 Å². The maximum Gasteiger partial charge on any atom is 0.143 e. The number of hydrogen-bond donors (Lipinski definition) is 2. The average Bonchev–Trinajstić information content (AvgIpc) is 2.13. The predicted octanol–water partition coefficient (Wildman–Crippen LogP) is 2.23. The van der Waals surface area contributed by atoms with Crippen molar-refractivity contribution in [2.75, 3.05) is 0 Å². The van der Waals surface area contributed by atoms with Crippen LogP contribution in [0.1, 0.15) is 36.1 Å². The molecule has 0 radical (unpaired) electrons. The maximum absolute atomic E-state index is 5.55. The highest BCUT2D eigenvalue weighted by Crippen LogP contribution is 2.16. The Labute approximate surface area is 97.7 Å². The van der Waals surface area contributed by atoms with Gasteiger partial charge in [-0.15, -0.1) is 0 Å². The second-order valence-electron chi connectivity index (χ2n) is 4.49. The van der Waals surface area contributed by atoms with Gasteiger partial charge in [-0.25, -0.2) is 5.84 Å². The number of nitrogens with two attached hydrogens (primary N) is 1. The van der Waals surface area contributed by atoms with E-state index in [4.69, 9.17) is 5.84 Å². The first-order valence-electron chi connectivity index (χ1n) is 5.58. The van der Waals surface area contributed by atoms with Crippen molar-refractivity contribution in [2.24, 2.45) is 10.8 Å². The fourth-order valence-electron chi connectivity index (χ4n) is 1.99. The molecule has 3 nitrogen and oxygen atoms in total. The molecule has 0 bridgehead atoms. The standard InChI is InChI=1S/C13H21N3/c1-8(2)15-13(16-14)12-10(4)6-9(3)7-11(12)5/h6-8H,14H2,1-5H3,(H,15,16). The summed E-state index contributed by atoms with van der Waals surface area (Å²) in [6.07, 6.45) is 0. The topological polar surface area (TPSA) is 50.4 Å². The van der Waals surface area contributed by atoms with Crippen molar-refractivity contribution in [1.82, 2.24) is 5.43 Å². The van der Waals surface area contributed by atoms with Crippen molar-refractivity contribution in [3.63, 3.8) is 0 Å². The highest BCUT2D eigenvalue weighted by Gasteiger charge is 2.10. The number of hydrogen-bond acceptors (Lipinski definition) is 2. The molecule has 0 aliphatic carbocycles. The smallest absolute Gasteiger partial charge is 0.143 e. The minimum absolute atomic E-state index is 0.228. The Bertz CT molecular complexity index is 383. The lowest BCUT2D eigenvalue weighted by molar-refractivity contribution is 0.819. The zero-order chi connectivity index (χ0) is 12.3. The second kappa shape index (κ2) is 5.12. The van der Waals surface area contributed by atoms with E-state index in [1.165, 1.54) is 16.7 Å². The first kappa shape index (κ1) is 12.7. The zero-order valence-electron chi connectivity index (χ0n) is 10.8. The summed E-state index contributed by atoms with van der Waals surface area (Å²) in [7, 11) is 0. The van der Waals surface area contributed by atoms with Crippen LogP contribution in [-0.2, 0) is 0 Å². The van der Waals surface area contributed by atoms with Gasteiger partial charge in [-0.3, -0.25) is 4.99 Å². The molecule has 0 heterocycles. The Morgan fingerprint density at radius 3 is 2.06 bits per heavy atom. The van der Waals surface area contributed by atoms with E-state index in [0.717, 1.165) is 11.4 Å². The highest BCUT2D eigenvalue weighted by atomic mass is 15.3. The summed E-state index contributed by atoms with van der Waals surface area (Å²) in [6, 6.07) is 4.52. The minimum atomic E-state index is 0.228. The van der Waals surface area contributed by atoms with Gasteiger partial charge < -0.3 is 5.43 Å². The lowest BCUT2D eigenvalue weighted by atomic mass is 9.99. The fraction of sp³-hybridized carbons (Fsp3) is 0.462. The molecule has 0 amide bonds. The third kappa shape index (κ3) is 2.83. The third-order valence-electron chi connectivity index (χ3n) is 2.44. The molecule has 0 saturated heterocycles. The van der Waals surface area contributed by atoms with Gasteiger partial charge in [-0.05, 0) is 45.7 Å². The van der Waals surface area contributed by atoms with E-state index in [0.29, 0.717) is 0 Å². The lowest BCUT2D eigenvalue weighted by Gasteiger charge is -2.14. The molecule has 1 rings (SSSR count). The van der Waals surface area contributed by atoms with Crippen LogP contribution in [-0.4, -0.2) is 11.9 Å². The number of nitrogens with one attached hydrogen (secondary N) is 1. The zero-order valence-corrected chi connectivity index (χ0v) is 10.8. The van der Waals surface area contributed by atoms with Gasteiger partial charge >= 0.3 is 0 Å². The van der Waals surface area contributed by atoms with Crippen molar-refractivity contribution < 1.29 is 0 Å². The quantitative estimate of drug-likeness (QED) is 0.347. The largest absolute Gasteiger partial charge is 0.308 e. The van der Waals surface area contributed by atoms with Gasteiger partial charge in [0.15, 0.2) is 0 Å². The Morgan fingerprint density at radius 1 is 1.19 bits per heavy atom. The van der Waals surface area contributed by atoms with E-state index in [-0.39, 0.29) is 6.04 Å². The summed E-state index contributed by atoms with van der Waals surface area (Å²) in [5.41, 5.74) is 7.48. The molecule has 16 heavy (non-hydrogen) atoms. The monoisotopic (exact) mass is 219 g/mol. The van der Waals surface area contributed by atoms with Crippen LogP contribution in [0.2, 0.25) is 0 Å². The summed E-state index contributed by atoms with van der Waals surface area (Å²) in [4.78, 5) is 4.50. The normalized spacial score (nSPS) is 12.1. The number of aliphatic imine (C=N–C) groups is 1. The van der Waals surface area contributed by atoms with Gasteiger partial charge in [0.05, 0.1) is 0 Å². The van der Waals surface area contributed by atoms with Crippen LogP contribution in [0.25, 0.3) is 0 Å². The average molecular weight is 219 g/mol. The summed E-state index contributed by atoms with van der Waals surface area (Å²) < 4.78 is 0. The molecule has 0 aliphatic heterocycles. The Morgan fingerprint density at radius 2 is 1.69 bits per heavy atom. The Hall–Kier alpha value is -1.35. The predicted molar refractivity (Wildman–Crippen MR) is 69.6 cm³/mol. The van der Waals surface area contributed by atoms with Crippen molar-refractivity contribution >= 4 is 5.84 Å². The maximum atomic E-state index is 5.55. The molecule has 0 spiro atoms. The number of rotatable bonds is 2. The number of amidine groups is 1.